The van der Waals surface area contributed by atoms with Crippen LogP contribution < -0.4 is 21.7 Å². The Morgan fingerprint density at radius 3 is 2.40 bits per heavy atom. The summed E-state index contributed by atoms with van der Waals surface area (Å²) >= 11 is 0. The van der Waals surface area contributed by atoms with Gasteiger partial charge in [-0.05, 0) is 12.8 Å². The summed E-state index contributed by atoms with van der Waals surface area (Å²) < 4.78 is 0. The fraction of sp³-hybridized carbons (Fsp3) is 0.636. The SMILES string of the molecule is NC(=O)CC(NC(=O)NCCC(=O)NC1CC1)C(=O)O. The van der Waals surface area contributed by atoms with Gasteiger partial charge >= 0.3 is 12.0 Å². The number of carboxylic acids is 1. The predicted octanol–water partition coefficient (Wildman–Crippen LogP) is -1.72. The first-order valence-corrected chi connectivity index (χ1v) is 6.23. The van der Waals surface area contributed by atoms with Gasteiger partial charge in [-0.25, -0.2) is 9.59 Å². The highest BCUT2D eigenvalue weighted by Gasteiger charge is 2.23. The lowest BCUT2D eigenvalue weighted by atomic mass is 10.2. The van der Waals surface area contributed by atoms with Crippen LogP contribution in [0.25, 0.3) is 0 Å². The molecule has 1 rings (SSSR count). The molecule has 1 aliphatic rings. The molecule has 1 unspecified atom stereocenters. The van der Waals surface area contributed by atoms with Gasteiger partial charge in [-0.2, -0.15) is 0 Å². The summed E-state index contributed by atoms with van der Waals surface area (Å²) in [6.07, 6.45) is 1.57. The Balaban J connectivity index is 2.21. The summed E-state index contributed by atoms with van der Waals surface area (Å²) in [5.41, 5.74) is 4.87. The lowest BCUT2D eigenvalue weighted by molar-refractivity contribution is -0.140. The van der Waals surface area contributed by atoms with Gasteiger partial charge in [-0.15, -0.1) is 0 Å². The van der Waals surface area contributed by atoms with Crippen LogP contribution in [0.4, 0.5) is 4.79 Å². The van der Waals surface area contributed by atoms with Gasteiger partial charge in [0.1, 0.15) is 6.04 Å². The highest BCUT2D eigenvalue weighted by molar-refractivity contribution is 5.87. The summed E-state index contributed by atoms with van der Waals surface area (Å²) in [5, 5.41) is 16.0. The number of nitrogens with one attached hydrogen (secondary N) is 3. The lowest BCUT2D eigenvalue weighted by Gasteiger charge is -2.13. The highest BCUT2D eigenvalue weighted by Crippen LogP contribution is 2.18. The van der Waals surface area contributed by atoms with Crippen LogP contribution in [0.1, 0.15) is 25.7 Å². The minimum atomic E-state index is -1.38. The molecule has 1 aliphatic carbocycles. The number of carbonyl (C=O) groups is 4. The average Bonchev–Trinajstić information content (AvgIpc) is 3.11. The van der Waals surface area contributed by atoms with Crippen molar-refractivity contribution in [2.45, 2.75) is 37.8 Å². The molecule has 0 aliphatic heterocycles. The Bertz CT molecular complexity index is 408. The number of carboxylic acid groups (broad SMARTS) is 1. The van der Waals surface area contributed by atoms with Gasteiger partial charge in [-0.1, -0.05) is 0 Å². The Labute approximate surface area is 115 Å². The Hall–Kier alpha value is -2.32. The Morgan fingerprint density at radius 1 is 1.25 bits per heavy atom. The number of primary amides is 1. The van der Waals surface area contributed by atoms with Gasteiger partial charge in [0.05, 0.1) is 6.42 Å². The zero-order chi connectivity index (χ0) is 15.1. The highest BCUT2D eigenvalue weighted by atomic mass is 16.4. The number of nitrogens with two attached hydrogens (primary N) is 1. The molecule has 0 aromatic carbocycles. The number of rotatable bonds is 8. The van der Waals surface area contributed by atoms with Crippen LogP contribution in [0.2, 0.25) is 0 Å². The first-order chi connectivity index (χ1) is 9.38. The Morgan fingerprint density at radius 2 is 1.90 bits per heavy atom. The van der Waals surface area contributed by atoms with Gasteiger partial charge in [0.15, 0.2) is 0 Å². The second-order valence-electron chi connectivity index (χ2n) is 4.55. The van der Waals surface area contributed by atoms with Gasteiger partial charge in [0.25, 0.3) is 0 Å². The molecule has 0 aromatic rings. The molecule has 0 radical (unpaired) electrons. The van der Waals surface area contributed by atoms with Crippen LogP contribution >= 0.6 is 0 Å². The van der Waals surface area contributed by atoms with Crippen molar-refractivity contribution in [1.82, 2.24) is 16.0 Å². The van der Waals surface area contributed by atoms with Crippen molar-refractivity contribution in [1.29, 1.82) is 0 Å². The number of urea groups is 1. The van der Waals surface area contributed by atoms with Crippen LogP contribution in [0.15, 0.2) is 0 Å². The normalized spacial score (nSPS) is 15.0. The molecule has 1 saturated carbocycles. The smallest absolute Gasteiger partial charge is 0.326 e. The van der Waals surface area contributed by atoms with Gasteiger partial charge in [-0.3, -0.25) is 9.59 Å². The van der Waals surface area contributed by atoms with E-state index in [9.17, 15) is 19.2 Å². The van der Waals surface area contributed by atoms with Crippen molar-refractivity contribution < 1.29 is 24.3 Å². The number of amides is 4. The molecule has 20 heavy (non-hydrogen) atoms. The van der Waals surface area contributed by atoms with E-state index in [0.717, 1.165) is 12.8 Å². The molecule has 0 bridgehead atoms. The molecule has 0 heterocycles. The van der Waals surface area contributed by atoms with E-state index in [4.69, 9.17) is 10.8 Å². The maximum atomic E-state index is 11.4. The summed E-state index contributed by atoms with van der Waals surface area (Å²) in [4.78, 5) is 44.1. The minimum Gasteiger partial charge on any atom is -0.480 e. The first-order valence-electron chi connectivity index (χ1n) is 6.23. The molecule has 0 spiro atoms. The van der Waals surface area contributed by atoms with Crippen molar-refractivity contribution in [2.24, 2.45) is 5.73 Å². The summed E-state index contributed by atoms with van der Waals surface area (Å²) in [7, 11) is 0. The second-order valence-corrected chi connectivity index (χ2v) is 4.55. The largest absolute Gasteiger partial charge is 0.480 e. The van der Waals surface area contributed by atoms with Crippen molar-refractivity contribution in [2.75, 3.05) is 6.54 Å². The van der Waals surface area contributed by atoms with E-state index in [-0.39, 0.29) is 24.9 Å². The molecule has 0 saturated heterocycles. The second kappa shape index (κ2) is 7.31. The molecule has 4 amide bonds. The van der Waals surface area contributed by atoms with Gasteiger partial charge in [0, 0.05) is 19.0 Å². The number of aliphatic carboxylic acids is 1. The maximum Gasteiger partial charge on any atom is 0.326 e. The predicted molar refractivity (Wildman–Crippen MR) is 67.6 cm³/mol. The van der Waals surface area contributed by atoms with Crippen molar-refractivity contribution in [3.8, 4) is 0 Å². The molecular weight excluding hydrogens is 268 g/mol. The van der Waals surface area contributed by atoms with E-state index in [2.05, 4.69) is 16.0 Å². The van der Waals surface area contributed by atoms with Crippen LogP contribution in [0.3, 0.4) is 0 Å². The molecule has 9 heteroatoms. The first kappa shape index (κ1) is 15.7. The van der Waals surface area contributed by atoms with Crippen molar-refractivity contribution in [3.63, 3.8) is 0 Å². The van der Waals surface area contributed by atoms with Gasteiger partial charge in [0.2, 0.25) is 11.8 Å². The molecular formula is C11H18N4O5. The van der Waals surface area contributed by atoms with Crippen LogP contribution in [0.5, 0.6) is 0 Å². The monoisotopic (exact) mass is 286 g/mol. The molecule has 1 atom stereocenters. The molecule has 9 nitrogen and oxygen atoms in total. The van der Waals surface area contributed by atoms with Gasteiger partial charge < -0.3 is 26.8 Å². The number of carbonyl (C=O) groups excluding carboxylic acids is 3. The fourth-order valence-electron chi connectivity index (χ4n) is 1.43. The van der Waals surface area contributed by atoms with Crippen LogP contribution in [-0.4, -0.2) is 47.5 Å². The van der Waals surface area contributed by atoms with Crippen LogP contribution in [-0.2, 0) is 14.4 Å². The lowest BCUT2D eigenvalue weighted by Crippen LogP contribution is -2.48. The standard InChI is InChI=1S/C11H18N4O5/c12-8(16)5-7(10(18)19)15-11(20)13-4-3-9(17)14-6-1-2-6/h6-7H,1-5H2,(H2,12,16)(H,14,17)(H,18,19)(H2,13,15,20). The zero-order valence-electron chi connectivity index (χ0n) is 10.8. The molecule has 1 fully saturated rings. The summed E-state index contributed by atoms with van der Waals surface area (Å²) in [6, 6.07) is -1.89. The topological polar surface area (TPSA) is 151 Å². The van der Waals surface area contributed by atoms with Crippen molar-refractivity contribution in [3.05, 3.63) is 0 Å². The summed E-state index contributed by atoms with van der Waals surface area (Å²) in [5.74, 6) is -2.35. The van der Waals surface area contributed by atoms with E-state index in [0.29, 0.717) is 0 Å². The van der Waals surface area contributed by atoms with E-state index < -0.39 is 30.4 Å². The van der Waals surface area contributed by atoms with Crippen LogP contribution in [0, 0.1) is 0 Å². The molecule has 0 aromatic heterocycles. The minimum absolute atomic E-state index is 0.0767. The number of hydrogen-bond acceptors (Lipinski definition) is 4. The molecule has 6 N–H and O–H groups in total. The number of hydrogen-bond donors (Lipinski definition) is 5. The maximum absolute atomic E-state index is 11.4. The third-order valence-electron chi connectivity index (χ3n) is 2.59. The van der Waals surface area contributed by atoms with E-state index in [1.807, 2.05) is 0 Å². The Kier molecular flexibility index (Phi) is 5.75. The quantitative estimate of drug-likeness (QED) is 0.359. The fourth-order valence-corrected chi connectivity index (χ4v) is 1.43. The zero-order valence-corrected chi connectivity index (χ0v) is 10.8. The van der Waals surface area contributed by atoms with E-state index in [1.54, 1.807) is 0 Å². The average molecular weight is 286 g/mol. The third-order valence-corrected chi connectivity index (χ3v) is 2.59. The third kappa shape index (κ3) is 6.57. The molecule has 112 valence electrons. The van der Waals surface area contributed by atoms with E-state index >= 15 is 0 Å². The van der Waals surface area contributed by atoms with Crippen molar-refractivity contribution >= 4 is 23.8 Å². The summed E-state index contributed by atoms with van der Waals surface area (Å²) in [6.45, 7) is 0.0767. The van der Waals surface area contributed by atoms with E-state index in [1.165, 1.54) is 0 Å².